The van der Waals surface area contributed by atoms with Crippen molar-refractivity contribution in [2.75, 3.05) is 13.1 Å². The molecule has 0 bridgehead atoms. The SMILES string of the molecule is CCCN(CCC)Cc1cccn2ncc(CO)c12. The largest absolute Gasteiger partial charge is 0.392 e. The summed E-state index contributed by atoms with van der Waals surface area (Å²) in [6, 6.07) is 4.15. The molecule has 104 valence electrons. The molecular formula is C15H23N3O. The Morgan fingerprint density at radius 3 is 2.58 bits per heavy atom. The summed E-state index contributed by atoms with van der Waals surface area (Å²) in [5.41, 5.74) is 3.21. The van der Waals surface area contributed by atoms with Crippen molar-refractivity contribution in [2.45, 2.75) is 39.8 Å². The smallest absolute Gasteiger partial charge is 0.0761 e. The van der Waals surface area contributed by atoms with E-state index in [4.69, 9.17) is 0 Å². The zero-order valence-corrected chi connectivity index (χ0v) is 11.8. The Labute approximate surface area is 114 Å². The average molecular weight is 261 g/mol. The van der Waals surface area contributed by atoms with Crippen LogP contribution in [0.1, 0.15) is 37.8 Å². The van der Waals surface area contributed by atoms with Crippen LogP contribution in [0, 0.1) is 0 Å². The highest BCUT2D eigenvalue weighted by Gasteiger charge is 2.11. The van der Waals surface area contributed by atoms with Crippen molar-refractivity contribution in [2.24, 2.45) is 0 Å². The van der Waals surface area contributed by atoms with E-state index >= 15 is 0 Å². The number of fused-ring (bicyclic) bond motifs is 1. The van der Waals surface area contributed by atoms with Crippen LogP contribution in [-0.2, 0) is 13.2 Å². The number of aliphatic hydroxyl groups excluding tert-OH is 1. The molecule has 2 rings (SSSR count). The molecule has 0 aliphatic carbocycles. The van der Waals surface area contributed by atoms with Crippen molar-refractivity contribution in [1.82, 2.24) is 14.5 Å². The lowest BCUT2D eigenvalue weighted by Crippen LogP contribution is -2.25. The maximum Gasteiger partial charge on any atom is 0.0761 e. The van der Waals surface area contributed by atoms with Gasteiger partial charge in [-0.05, 0) is 37.6 Å². The van der Waals surface area contributed by atoms with Crippen LogP contribution in [0.15, 0.2) is 24.5 Å². The summed E-state index contributed by atoms with van der Waals surface area (Å²) < 4.78 is 1.86. The summed E-state index contributed by atoms with van der Waals surface area (Å²) in [6.07, 6.45) is 6.01. The van der Waals surface area contributed by atoms with Gasteiger partial charge >= 0.3 is 0 Å². The molecule has 0 saturated heterocycles. The van der Waals surface area contributed by atoms with E-state index in [0.29, 0.717) is 0 Å². The van der Waals surface area contributed by atoms with Gasteiger partial charge in [0.05, 0.1) is 18.3 Å². The molecule has 0 aliphatic heterocycles. The van der Waals surface area contributed by atoms with E-state index in [1.54, 1.807) is 6.20 Å². The number of aromatic nitrogens is 2. The fourth-order valence-corrected chi connectivity index (χ4v) is 2.57. The first kappa shape index (κ1) is 14.0. The molecule has 0 aliphatic rings. The van der Waals surface area contributed by atoms with Gasteiger partial charge in [0.25, 0.3) is 0 Å². The first-order valence-corrected chi connectivity index (χ1v) is 7.07. The standard InChI is InChI=1S/C15H23N3O/c1-3-7-17(8-4-2)11-13-6-5-9-18-15(13)14(12-19)10-16-18/h5-6,9-10,19H,3-4,7-8,11-12H2,1-2H3. The Morgan fingerprint density at radius 1 is 1.21 bits per heavy atom. The van der Waals surface area contributed by atoms with E-state index in [-0.39, 0.29) is 6.61 Å². The highest BCUT2D eigenvalue weighted by molar-refractivity contribution is 5.60. The van der Waals surface area contributed by atoms with E-state index in [2.05, 4.69) is 29.9 Å². The van der Waals surface area contributed by atoms with Gasteiger partial charge in [-0.15, -0.1) is 0 Å². The number of nitrogens with zero attached hydrogens (tertiary/aromatic N) is 3. The van der Waals surface area contributed by atoms with Gasteiger partial charge in [-0.25, -0.2) is 4.52 Å². The van der Waals surface area contributed by atoms with Crippen LogP contribution in [0.25, 0.3) is 5.52 Å². The molecule has 0 saturated carbocycles. The van der Waals surface area contributed by atoms with E-state index in [1.165, 1.54) is 5.56 Å². The predicted octanol–water partition coefficient (Wildman–Crippen LogP) is 2.45. The predicted molar refractivity (Wildman–Crippen MR) is 77.0 cm³/mol. The zero-order valence-electron chi connectivity index (χ0n) is 11.8. The molecule has 2 aromatic heterocycles. The van der Waals surface area contributed by atoms with E-state index in [9.17, 15) is 5.11 Å². The van der Waals surface area contributed by atoms with Crippen LogP contribution in [0.4, 0.5) is 0 Å². The van der Waals surface area contributed by atoms with Gasteiger partial charge in [-0.1, -0.05) is 19.9 Å². The van der Waals surface area contributed by atoms with E-state index in [0.717, 1.165) is 43.6 Å². The average Bonchev–Trinajstić information content (AvgIpc) is 2.83. The molecule has 0 unspecified atom stereocenters. The monoisotopic (exact) mass is 261 g/mol. The highest BCUT2D eigenvalue weighted by atomic mass is 16.3. The van der Waals surface area contributed by atoms with Crippen LogP contribution in [-0.4, -0.2) is 32.7 Å². The summed E-state index contributed by atoms with van der Waals surface area (Å²) in [5, 5.41) is 13.7. The maximum absolute atomic E-state index is 9.42. The minimum atomic E-state index is 0.0437. The Morgan fingerprint density at radius 2 is 1.95 bits per heavy atom. The first-order chi connectivity index (χ1) is 9.30. The summed E-state index contributed by atoms with van der Waals surface area (Å²) >= 11 is 0. The number of pyridine rings is 1. The minimum absolute atomic E-state index is 0.0437. The molecule has 0 spiro atoms. The molecule has 4 nitrogen and oxygen atoms in total. The molecule has 2 heterocycles. The summed E-state index contributed by atoms with van der Waals surface area (Å²) in [5.74, 6) is 0. The van der Waals surface area contributed by atoms with Gasteiger partial charge in [-0.3, -0.25) is 4.90 Å². The molecule has 0 fully saturated rings. The summed E-state index contributed by atoms with van der Waals surface area (Å²) in [6.45, 7) is 7.60. The Hall–Kier alpha value is -1.39. The molecule has 19 heavy (non-hydrogen) atoms. The number of rotatable bonds is 7. The third-order valence-electron chi connectivity index (χ3n) is 3.34. The van der Waals surface area contributed by atoms with Gasteiger partial charge in [-0.2, -0.15) is 5.10 Å². The molecule has 0 aromatic carbocycles. The van der Waals surface area contributed by atoms with Crippen molar-refractivity contribution in [3.8, 4) is 0 Å². The highest BCUT2D eigenvalue weighted by Crippen LogP contribution is 2.18. The molecule has 1 N–H and O–H groups in total. The van der Waals surface area contributed by atoms with Gasteiger partial charge in [0.2, 0.25) is 0 Å². The number of hydrogen-bond acceptors (Lipinski definition) is 3. The number of aliphatic hydroxyl groups is 1. The molecule has 0 atom stereocenters. The topological polar surface area (TPSA) is 40.8 Å². The fourth-order valence-electron chi connectivity index (χ4n) is 2.57. The molecule has 0 amide bonds. The van der Waals surface area contributed by atoms with E-state index < -0.39 is 0 Å². The van der Waals surface area contributed by atoms with Crippen molar-refractivity contribution >= 4 is 5.52 Å². The zero-order chi connectivity index (χ0) is 13.7. The van der Waals surface area contributed by atoms with Crippen molar-refractivity contribution in [3.63, 3.8) is 0 Å². The molecule has 0 radical (unpaired) electrons. The maximum atomic E-state index is 9.42. The van der Waals surface area contributed by atoms with Crippen molar-refractivity contribution < 1.29 is 5.11 Å². The van der Waals surface area contributed by atoms with Crippen molar-refractivity contribution in [3.05, 3.63) is 35.7 Å². The lowest BCUT2D eigenvalue weighted by Gasteiger charge is -2.21. The van der Waals surface area contributed by atoms with Gasteiger partial charge in [0.15, 0.2) is 0 Å². The summed E-state index contributed by atoms with van der Waals surface area (Å²) in [4.78, 5) is 2.46. The second-order valence-corrected chi connectivity index (χ2v) is 4.93. The Bertz CT molecular complexity index is 515. The Kier molecular flexibility index (Phi) is 4.93. The van der Waals surface area contributed by atoms with Crippen LogP contribution < -0.4 is 0 Å². The van der Waals surface area contributed by atoms with Gasteiger partial charge in [0.1, 0.15) is 0 Å². The van der Waals surface area contributed by atoms with Gasteiger partial charge in [0, 0.05) is 18.3 Å². The van der Waals surface area contributed by atoms with Gasteiger partial charge < -0.3 is 5.11 Å². The van der Waals surface area contributed by atoms with Crippen LogP contribution in [0.2, 0.25) is 0 Å². The van der Waals surface area contributed by atoms with Crippen LogP contribution in [0.3, 0.4) is 0 Å². The third kappa shape index (κ3) is 3.14. The molecule has 2 aromatic rings. The number of hydrogen-bond donors (Lipinski definition) is 1. The lowest BCUT2D eigenvalue weighted by molar-refractivity contribution is 0.266. The normalized spacial score (nSPS) is 11.6. The Balaban J connectivity index is 2.30. The summed E-state index contributed by atoms with van der Waals surface area (Å²) in [7, 11) is 0. The lowest BCUT2D eigenvalue weighted by atomic mass is 10.1. The first-order valence-electron chi connectivity index (χ1n) is 7.07. The molecule has 4 heteroatoms. The quantitative estimate of drug-likeness (QED) is 0.832. The fraction of sp³-hybridized carbons (Fsp3) is 0.533. The molecular weight excluding hydrogens is 238 g/mol. The van der Waals surface area contributed by atoms with Crippen molar-refractivity contribution in [1.29, 1.82) is 0 Å². The minimum Gasteiger partial charge on any atom is -0.392 e. The van der Waals surface area contributed by atoms with Crippen LogP contribution in [0.5, 0.6) is 0 Å². The second kappa shape index (κ2) is 6.68. The third-order valence-corrected chi connectivity index (χ3v) is 3.34. The van der Waals surface area contributed by atoms with E-state index in [1.807, 2.05) is 16.8 Å². The van der Waals surface area contributed by atoms with Crippen LogP contribution >= 0.6 is 0 Å². The second-order valence-electron chi connectivity index (χ2n) is 4.93.